The highest BCUT2D eigenvalue weighted by Gasteiger charge is 2.24. The van der Waals surface area contributed by atoms with Crippen LogP contribution < -0.4 is 0 Å². The van der Waals surface area contributed by atoms with Gasteiger partial charge in [-0.05, 0) is 74.5 Å². The molecule has 11 rings (SSSR count). The van der Waals surface area contributed by atoms with Crippen molar-refractivity contribution in [3.8, 4) is 67.5 Å². The molecule has 2 aromatic heterocycles. The van der Waals surface area contributed by atoms with Crippen molar-refractivity contribution in [1.29, 1.82) is 0 Å². The first kappa shape index (κ1) is 28.0. The highest BCUT2D eigenvalue weighted by molar-refractivity contribution is 6.26. The van der Waals surface area contributed by atoms with E-state index in [-0.39, 0.29) is 0 Å². The number of aromatic nitrogens is 3. The van der Waals surface area contributed by atoms with Crippen molar-refractivity contribution in [3.05, 3.63) is 164 Å². The molecule has 0 unspecified atom stereocenters. The minimum atomic E-state index is 0.629. The predicted molar refractivity (Wildman–Crippen MR) is 208 cm³/mol. The quantitative estimate of drug-likeness (QED) is 0.190. The smallest absolute Gasteiger partial charge is 0.164 e. The van der Waals surface area contributed by atoms with Crippen LogP contribution in [0.25, 0.3) is 111 Å². The average Bonchev–Trinajstić information content (AvgIpc) is 3.74. The summed E-state index contributed by atoms with van der Waals surface area (Å²) in [6.45, 7) is 0. The van der Waals surface area contributed by atoms with Gasteiger partial charge in [0.05, 0.1) is 0 Å². The van der Waals surface area contributed by atoms with Crippen LogP contribution in [0.1, 0.15) is 0 Å². The topological polar surface area (TPSA) is 51.8 Å². The van der Waals surface area contributed by atoms with E-state index in [4.69, 9.17) is 19.4 Å². The van der Waals surface area contributed by atoms with Gasteiger partial charge in [-0.15, -0.1) is 0 Å². The van der Waals surface area contributed by atoms with E-state index in [2.05, 4.69) is 103 Å². The van der Waals surface area contributed by atoms with E-state index in [1.165, 1.54) is 27.6 Å². The lowest BCUT2D eigenvalue weighted by molar-refractivity contribution is 0.673. The van der Waals surface area contributed by atoms with E-state index in [0.717, 1.165) is 65.9 Å². The fraction of sp³-hybridized carbons (Fsp3) is 0. The molecule has 0 radical (unpaired) electrons. The Morgan fingerprint density at radius 3 is 1.69 bits per heavy atom. The lowest BCUT2D eigenvalue weighted by atomic mass is 9.94. The van der Waals surface area contributed by atoms with Gasteiger partial charge in [-0.3, -0.25) is 0 Å². The van der Waals surface area contributed by atoms with Crippen LogP contribution in [-0.4, -0.2) is 15.0 Å². The van der Waals surface area contributed by atoms with Gasteiger partial charge < -0.3 is 4.42 Å². The lowest BCUT2D eigenvalue weighted by Crippen LogP contribution is -2.00. The molecule has 0 N–H and O–H groups in total. The van der Waals surface area contributed by atoms with Crippen molar-refractivity contribution in [2.75, 3.05) is 0 Å². The standard InChI is InChI=1S/C47H27N3O/c1-3-12-28(13-4-1)45-48-46(29-14-5-2-6-15-29)50-47(49-45)32-24-30-16-7-8-17-33(30)39(25-32)31-22-23-36-41-27-40-35-19-10-9-18-34(35)37-20-11-21-38(43(37)40)44(41)51-42(36)26-31/h1-27H. The zero-order chi connectivity index (χ0) is 33.5. The predicted octanol–water partition coefficient (Wildman–Crippen LogP) is 12.4. The van der Waals surface area contributed by atoms with E-state index in [1.54, 1.807) is 0 Å². The SMILES string of the molecule is c1ccc(-c2nc(-c3ccccc3)nc(-c3cc(-c4ccc5c(c4)oc4c6cccc7c6c(cc54)-c4ccccc4-7)c4ccccc4c3)n2)cc1. The number of nitrogens with zero attached hydrogens (tertiary/aromatic N) is 3. The molecular weight excluding hydrogens is 623 g/mol. The molecule has 0 amide bonds. The zero-order valence-electron chi connectivity index (χ0n) is 27.3. The number of hydrogen-bond donors (Lipinski definition) is 0. The molecular formula is C47H27N3O. The Labute approximate surface area is 293 Å². The van der Waals surface area contributed by atoms with E-state index >= 15 is 0 Å². The van der Waals surface area contributed by atoms with Crippen molar-refractivity contribution in [3.63, 3.8) is 0 Å². The molecule has 4 heteroatoms. The summed E-state index contributed by atoms with van der Waals surface area (Å²) in [6.07, 6.45) is 0. The average molecular weight is 650 g/mol. The first-order valence-electron chi connectivity index (χ1n) is 17.2. The van der Waals surface area contributed by atoms with Gasteiger partial charge in [0.2, 0.25) is 0 Å². The summed E-state index contributed by atoms with van der Waals surface area (Å²) < 4.78 is 6.79. The largest absolute Gasteiger partial charge is 0.455 e. The Morgan fingerprint density at radius 1 is 0.333 bits per heavy atom. The number of furan rings is 1. The molecule has 8 aromatic carbocycles. The molecule has 1 aliphatic rings. The summed E-state index contributed by atoms with van der Waals surface area (Å²) in [5, 5.41) is 6.94. The van der Waals surface area contributed by atoms with Crippen LogP contribution in [0, 0.1) is 0 Å². The Morgan fingerprint density at radius 2 is 0.941 bits per heavy atom. The van der Waals surface area contributed by atoms with Gasteiger partial charge in [-0.2, -0.15) is 0 Å². The Balaban J connectivity index is 1.11. The zero-order valence-corrected chi connectivity index (χ0v) is 27.3. The maximum Gasteiger partial charge on any atom is 0.164 e. The number of benzene rings is 8. The minimum absolute atomic E-state index is 0.629. The van der Waals surface area contributed by atoms with Crippen molar-refractivity contribution < 1.29 is 4.42 Å². The van der Waals surface area contributed by atoms with Gasteiger partial charge >= 0.3 is 0 Å². The van der Waals surface area contributed by atoms with E-state index < -0.39 is 0 Å². The molecule has 0 aliphatic heterocycles. The van der Waals surface area contributed by atoms with Crippen molar-refractivity contribution in [2.45, 2.75) is 0 Å². The molecule has 0 atom stereocenters. The minimum Gasteiger partial charge on any atom is -0.455 e. The second-order valence-electron chi connectivity index (χ2n) is 13.2. The molecule has 4 nitrogen and oxygen atoms in total. The van der Waals surface area contributed by atoms with Crippen LogP contribution in [0.2, 0.25) is 0 Å². The summed E-state index contributed by atoms with van der Waals surface area (Å²) >= 11 is 0. The number of rotatable bonds is 4. The van der Waals surface area contributed by atoms with Crippen molar-refractivity contribution in [1.82, 2.24) is 15.0 Å². The highest BCUT2D eigenvalue weighted by atomic mass is 16.3. The van der Waals surface area contributed by atoms with Crippen LogP contribution in [0.5, 0.6) is 0 Å². The number of fused-ring (bicyclic) bond motifs is 8. The van der Waals surface area contributed by atoms with Crippen LogP contribution in [0.15, 0.2) is 168 Å². The normalized spacial score (nSPS) is 11.9. The van der Waals surface area contributed by atoms with Gasteiger partial charge in [0, 0.05) is 38.2 Å². The van der Waals surface area contributed by atoms with E-state index in [0.29, 0.717) is 17.5 Å². The van der Waals surface area contributed by atoms with Crippen LogP contribution >= 0.6 is 0 Å². The molecule has 2 heterocycles. The summed E-state index contributed by atoms with van der Waals surface area (Å²) in [4.78, 5) is 15.0. The fourth-order valence-corrected chi connectivity index (χ4v) is 7.88. The maximum absolute atomic E-state index is 6.79. The Kier molecular flexibility index (Phi) is 5.92. The number of hydrogen-bond acceptors (Lipinski definition) is 4. The maximum atomic E-state index is 6.79. The summed E-state index contributed by atoms with van der Waals surface area (Å²) in [5.41, 5.74) is 11.9. The van der Waals surface area contributed by atoms with Crippen LogP contribution in [0.4, 0.5) is 0 Å². The molecule has 0 saturated carbocycles. The summed E-state index contributed by atoms with van der Waals surface area (Å²) in [5.74, 6) is 1.91. The summed E-state index contributed by atoms with van der Waals surface area (Å²) in [6, 6.07) is 57.3. The third-order valence-electron chi connectivity index (χ3n) is 10.2. The second-order valence-corrected chi connectivity index (χ2v) is 13.2. The molecule has 1 aliphatic carbocycles. The Bertz CT molecular complexity index is 2960. The van der Waals surface area contributed by atoms with Gasteiger partial charge in [-0.1, -0.05) is 133 Å². The second kappa shape index (κ2) is 10.8. The third-order valence-corrected chi connectivity index (χ3v) is 10.2. The van der Waals surface area contributed by atoms with Gasteiger partial charge in [0.15, 0.2) is 17.5 Å². The van der Waals surface area contributed by atoms with E-state index in [1.807, 2.05) is 60.7 Å². The first-order chi connectivity index (χ1) is 25.3. The molecule has 0 bridgehead atoms. The molecule has 51 heavy (non-hydrogen) atoms. The molecule has 10 aromatic rings. The molecule has 0 fully saturated rings. The fourth-order valence-electron chi connectivity index (χ4n) is 7.88. The molecule has 0 saturated heterocycles. The van der Waals surface area contributed by atoms with E-state index in [9.17, 15) is 0 Å². The van der Waals surface area contributed by atoms with Gasteiger partial charge in [0.1, 0.15) is 11.2 Å². The van der Waals surface area contributed by atoms with Crippen molar-refractivity contribution in [2.24, 2.45) is 0 Å². The molecule has 0 spiro atoms. The monoisotopic (exact) mass is 649 g/mol. The van der Waals surface area contributed by atoms with Crippen LogP contribution in [-0.2, 0) is 0 Å². The van der Waals surface area contributed by atoms with Gasteiger partial charge in [0.25, 0.3) is 0 Å². The first-order valence-corrected chi connectivity index (χ1v) is 17.2. The van der Waals surface area contributed by atoms with Crippen LogP contribution in [0.3, 0.4) is 0 Å². The van der Waals surface area contributed by atoms with Crippen molar-refractivity contribution >= 4 is 43.5 Å². The molecule has 236 valence electrons. The third kappa shape index (κ3) is 4.30. The Hall–Kier alpha value is -6.91. The van der Waals surface area contributed by atoms with Gasteiger partial charge in [-0.25, -0.2) is 15.0 Å². The highest BCUT2D eigenvalue weighted by Crippen LogP contribution is 2.50. The lowest BCUT2D eigenvalue weighted by Gasteiger charge is -2.12. The summed E-state index contributed by atoms with van der Waals surface area (Å²) in [7, 11) is 0.